The normalized spacial score (nSPS) is 20.0. The monoisotopic (exact) mass is 263 g/mol. The van der Waals surface area contributed by atoms with Gasteiger partial charge < -0.3 is 9.63 Å². The summed E-state index contributed by atoms with van der Waals surface area (Å²) in [5.74, 6) is 0.668. The Hall–Kier alpha value is -1.79. The second kappa shape index (κ2) is 5.07. The number of β-amino-alcohol motifs (C(OH)–C–C–N with tert-alkyl or cyclic N) is 1. The van der Waals surface area contributed by atoms with Crippen LogP contribution in [0.4, 0.5) is 4.39 Å². The lowest BCUT2D eigenvalue weighted by molar-refractivity contribution is 0.169. The Morgan fingerprint density at radius 1 is 1.37 bits per heavy atom. The third-order valence-corrected chi connectivity index (χ3v) is 3.18. The standard InChI is InChI=1S/C13H14FN3O2/c14-10-3-1-9(2-4-10)13-15-12(19-16-13)8-17-6-5-11(18)7-17/h1-4,11,18H,5-8H2/t11-/m0/s1. The zero-order chi connectivity index (χ0) is 13.2. The lowest BCUT2D eigenvalue weighted by Gasteiger charge is -2.10. The quantitative estimate of drug-likeness (QED) is 0.908. The van der Waals surface area contributed by atoms with Crippen molar-refractivity contribution >= 4 is 0 Å². The van der Waals surface area contributed by atoms with Gasteiger partial charge in [-0.1, -0.05) is 5.16 Å². The van der Waals surface area contributed by atoms with Crippen molar-refractivity contribution in [3.63, 3.8) is 0 Å². The van der Waals surface area contributed by atoms with E-state index in [1.807, 2.05) is 0 Å². The van der Waals surface area contributed by atoms with E-state index in [0.717, 1.165) is 18.5 Å². The summed E-state index contributed by atoms with van der Waals surface area (Å²) in [6.45, 7) is 1.99. The molecule has 1 aromatic heterocycles. The van der Waals surface area contributed by atoms with Crippen molar-refractivity contribution in [1.29, 1.82) is 0 Å². The molecule has 1 N–H and O–H groups in total. The summed E-state index contributed by atoms with van der Waals surface area (Å²) in [5.41, 5.74) is 0.720. The summed E-state index contributed by atoms with van der Waals surface area (Å²) in [6, 6.07) is 5.96. The van der Waals surface area contributed by atoms with Crippen molar-refractivity contribution in [1.82, 2.24) is 15.0 Å². The number of aromatic nitrogens is 2. The van der Waals surface area contributed by atoms with Crippen molar-refractivity contribution in [2.75, 3.05) is 13.1 Å². The highest BCUT2D eigenvalue weighted by atomic mass is 19.1. The zero-order valence-electron chi connectivity index (χ0n) is 10.3. The minimum atomic E-state index is -0.293. The number of nitrogens with zero attached hydrogens (tertiary/aromatic N) is 3. The molecule has 0 radical (unpaired) electrons. The van der Waals surface area contributed by atoms with Crippen LogP contribution in [0.5, 0.6) is 0 Å². The molecule has 0 spiro atoms. The van der Waals surface area contributed by atoms with Crippen LogP contribution >= 0.6 is 0 Å². The molecule has 5 nitrogen and oxygen atoms in total. The second-order valence-corrected chi connectivity index (χ2v) is 4.70. The van der Waals surface area contributed by atoms with Gasteiger partial charge in [0.15, 0.2) is 0 Å². The molecule has 0 unspecified atom stereocenters. The fraction of sp³-hybridized carbons (Fsp3) is 0.385. The number of rotatable bonds is 3. The predicted molar refractivity (Wildman–Crippen MR) is 65.6 cm³/mol. The molecule has 0 aliphatic carbocycles. The van der Waals surface area contributed by atoms with Gasteiger partial charge in [-0.15, -0.1) is 0 Å². The smallest absolute Gasteiger partial charge is 0.241 e. The number of aliphatic hydroxyl groups excluding tert-OH is 1. The molecule has 2 heterocycles. The average Bonchev–Trinajstić information content (AvgIpc) is 3.00. The first kappa shape index (κ1) is 12.3. The minimum absolute atomic E-state index is 0.264. The number of hydrogen-bond donors (Lipinski definition) is 1. The van der Waals surface area contributed by atoms with Crippen molar-refractivity contribution in [3.05, 3.63) is 36.0 Å². The van der Waals surface area contributed by atoms with Crippen LogP contribution in [-0.2, 0) is 6.54 Å². The van der Waals surface area contributed by atoms with E-state index in [1.54, 1.807) is 12.1 Å². The Labute approximate surface area is 109 Å². The molecule has 0 bridgehead atoms. The van der Waals surface area contributed by atoms with E-state index in [1.165, 1.54) is 12.1 Å². The SMILES string of the molecule is O[C@H]1CCN(Cc2nc(-c3ccc(F)cc3)no2)C1. The van der Waals surface area contributed by atoms with Crippen LogP contribution in [0.2, 0.25) is 0 Å². The Kier molecular flexibility index (Phi) is 3.27. The molecule has 0 saturated carbocycles. The van der Waals surface area contributed by atoms with Gasteiger partial charge in [0, 0.05) is 18.7 Å². The minimum Gasteiger partial charge on any atom is -0.392 e. The maximum absolute atomic E-state index is 12.8. The maximum atomic E-state index is 12.8. The summed E-state index contributed by atoms with van der Waals surface area (Å²) in [5, 5.41) is 13.3. The number of hydrogen-bond acceptors (Lipinski definition) is 5. The molecule has 1 aliphatic rings. The third-order valence-electron chi connectivity index (χ3n) is 3.18. The summed E-state index contributed by atoms with van der Waals surface area (Å²) >= 11 is 0. The number of likely N-dealkylation sites (tertiary alicyclic amines) is 1. The second-order valence-electron chi connectivity index (χ2n) is 4.70. The van der Waals surface area contributed by atoms with Gasteiger partial charge in [-0.3, -0.25) is 4.90 Å². The fourth-order valence-electron chi connectivity index (χ4n) is 2.18. The summed E-state index contributed by atoms with van der Waals surface area (Å²) in [7, 11) is 0. The summed E-state index contributed by atoms with van der Waals surface area (Å²) in [4.78, 5) is 6.34. The van der Waals surface area contributed by atoms with Gasteiger partial charge in [-0.2, -0.15) is 4.98 Å². The number of benzene rings is 1. The number of halogens is 1. The fourth-order valence-corrected chi connectivity index (χ4v) is 2.18. The van der Waals surface area contributed by atoms with E-state index in [9.17, 15) is 9.50 Å². The molecule has 1 atom stereocenters. The average molecular weight is 263 g/mol. The lowest BCUT2D eigenvalue weighted by atomic mass is 10.2. The van der Waals surface area contributed by atoms with Crippen molar-refractivity contribution < 1.29 is 14.0 Å². The highest BCUT2D eigenvalue weighted by Gasteiger charge is 2.22. The van der Waals surface area contributed by atoms with E-state index in [-0.39, 0.29) is 11.9 Å². The third kappa shape index (κ3) is 2.80. The van der Waals surface area contributed by atoms with Crippen molar-refractivity contribution in [2.24, 2.45) is 0 Å². The Bertz CT molecular complexity index is 555. The van der Waals surface area contributed by atoms with Crippen LogP contribution in [0.25, 0.3) is 11.4 Å². The Balaban J connectivity index is 1.71. The van der Waals surface area contributed by atoms with Gasteiger partial charge in [0.2, 0.25) is 11.7 Å². The number of aliphatic hydroxyl groups is 1. The van der Waals surface area contributed by atoms with Crippen LogP contribution < -0.4 is 0 Å². The van der Waals surface area contributed by atoms with Crippen molar-refractivity contribution in [2.45, 2.75) is 19.1 Å². The van der Waals surface area contributed by atoms with E-state index in [2.05, 4.69) is 15.0 Å². The predicted octanol–water partition coefficient (Wildman–Crippen LogP) is 1.44. The van der Waals surface area contributed by atoms with Gasteiger partial charge in [-0.25, -0.2) is 4.39 Å². The topological polar surface area (TPSA) is 62.4 Å². The van der Waals surface area contributed by atoms with Crippen LogP contribution in [-0.4, -0.2) is 39.3 Å². The van der Waals surface area contributed by atoms with Crippen LogP contribution in [0.3, 0.4) is 0 Å². The highest BCUT2D eigenvalue weighted by molar-refractivity contribution is 5.53. The van der Waals surface area contributed by atoms with E-state index in [0.29, 0.717) is 24.8 Å². The molecule has 100 valence electrons. The first-order chi connectivity index (χ1) is 9.20. The molecule has 6 heteroatoms. The van der Waals surface area contributed by atoms with E-state index >= 15 is 0 Å². The molecule has 1 aliphatic heterocycles. The van der Waals surface area contributed by atoms with Gasteiger partial charge in [0.05, 0.1) is 12.6 Å². The van der Waals surface area contributed by atoms with Crippen molar-refractivity contribution in [3.8, 4) is 11.4 Å². The van der Waals surface area contributed by atoms with Gasteiger partial charge >= 0.3 is 0 Å². The van der Waals surface area contributed by atoms with E-state index in [4.69, 9.17) is 4.52 Å². The molecule has 19 heavy (non-hydrogen) atoms. The first-order valence-electron chi connectivity index (χ1n) is 6.19. The van der Waals surface area contributed by atoms with Crippen LogP contribution in [0.15, 0.2) is 28.8 Å². The molecular weight excluding hydrogens is 249 g/mol. The summed E-state index contributed by atoms with van der Waals surface area (Å²) < 4.78 is 18.0. The molecular formula is C13H14FN3O2. The van der Waals surface area contributed by atoms with Gasteiger partial charge in [0.25, 0.3) is 0 Å². The maximum Gasteiger partial charge on any atom is 0.241 e. The van der Waals surface area contributed by atoms with Crippen LogP contribution in [0.1, 0.15) is 12.3 Å². The molecule has 1 saturated heterocycles. The molecule has 2 aromatic rings. The summed E-state index contributed by atoms with van der Waals surface area (Å²) in [6.07, 6.45) is 0.512. The molecule has 0 amide bonds. The van der Waals surface area contributed by atoms with Gasteiger partial charge in [0.1, 0.15) is 5.82 Å². The van der Waals surface area contributed by atoms with Crippen LogP contribution in [0, 0.1) is 5.82 Å². The van der Waals surface area contributed by atoms with E-state index < -0.39 is 0 Å². The Morgan fingerprint density at radius 3 is 2.84 bits per heavy atom. The Morgan fingerprint density at radius 2 is 2.16 bits per heavy atom. The highest BCUT2D eigenvalue weighted by Crippen LogP contribution is 2.18. The zero-order valence-corrected chi connectivity index (χ0v) is 10.3. The van der Waals surface area contributed by atoms with Gasteiger partial charge in [-0.05, 0) is 30.7 Å². The molecule has 1 fully saturated rings. The molecule has 3 rings (SSSR count). The lowest BCUT2D eigenvalue weighted by Crippen LogP contribution is -2.21. The molecule has 1 aromatic carbocycles. The largest absolute Gasteiger partial charge is 0.392 e. The first-order valence-corrected chi connectivity index (χ1v) is 6.19.